The molecule has 6 nitrogen and oxygen atoms in total. The maximum absolute atomic E-state index is 13.6. The van der Waals surface area contributed by atoms with E-state index in [1.807, 2.05) is 0 Å². The van der Waals surface area contributed by atoms with Crippen molar-refractivity contribution < 1.29 is 23.8 Å². The monoisotopic (exact) mass is 294 g/mol. The molecule has 0 spiro atoms. The highest BCUT2D eigenvalue weighted by Crippen LogP contribution is 2.21. The standard InChI is InChI=1S/C14H15FN2O4/c1-3-7-17(9-13(18)19)14(20)16-10-5-6-12(21-4-2)11(15)8-10/h1,5-6,8H,4,7,9H2,2H3,(H,16,20)(H,18,19). The minimum atomic E-state index is -1.20. The number of carbonyl (C=O) groups is 2. The van der Waals surface area contributed by atoms with Gasteiger partial charge in [-0.3, -0.25) is 4.79 Å². The highest BCUT2D eigenvalue weighted by atomic mass is 19.1. The van der Waals surface area contributed by atoms with Gasteiger partial charge < -0.3 is 20.1 Å². The predicted octanol–water partition coefficient (Wildman–Crippen LogP) is 1.78. The maximum Gasteiger partial charge on any atom is 0.323 e. The van der Waals surface area contributed by atoms with Gasteiger partial charge in [0.25, 0.3) is 0 Å². The number of urea groups is 1. The fraction of sp³-hybridized carbons (Fsp3) is 0.286. The molecule has 0 aliphatic rings. The molecule has 0 unspecified atom stereocenters. The topological polar surface area (TPSA) is 78.9 Å². The number of ether oxygens (including phenoxy) is 1. The highest BCUT2D eigenvalue weighted by molar-refractivity contribution is 5.91. The highest BCUT2D eigenvalue weighted by Gasteiger charge is 2.16. The minimum absolute atomic E-state index is 0.0708. The van der Waals surface area contributed by atoms with E-state index >= 15 is 0 Å². The van der Waals surface area contributed by atoms with E-state index in [0.717, 1.165) is 11.0 Å². The van der Waals surface area contributed by atoms with E-state index in [9.17, 15) is 14.0 Å². The quantitative estimate of drug-likeness (QED) is 0.784. The molecule has 0 atom stereocenters. The fourth-order valence-corrected chi connectivity index (χ4v) is 1.53. The number of carboxylic acid groups (broad SMARTS) is 1. The van der Waals surface area contributed by atoms with Gasteiger partial charge in [-0.25, -0.2) is 9.18 Å². The van der Waals surface area contributed by atoms with Crippen LogP contribution in [-0.2, 0) is 4.79 Å². The Balaban J connectivity index is 2.79. The molecule has 2 N–H and O–H groups in total. The van der Waals surface area contributed by atoms with Gasteiger partial charge in [-0.1, -0.05) is 5.92 Å². The van der Waals surface area contributed by atoms with Crippen LogP contribution in [0.15, 0.2) is 18.2 Å². The van der Waals surface area contributed by atoms with Gasteiger partial charge in [0.1, 0.15) is 6.54 Å². The van der Waals surface area contributed by atoms with Crippen LogP contribution in [0.5, 0.6) is 5.75 Å². The third kappa shape index (κ3) is 5.03. The molecule has 112 valence electrons. The summed E-state index contributed by atoms with van der Waals surface area (Å²) in [7, 11) is 0. The molecule has 7 heteroatoms. The molecular weight excluding hydrogens is 279 g/mol. The van der Waals surface area contributed by atoms with Gasteiger partial charge in [0.15, 0.2) is 11.6 Å². The fourth-order valence-electron chi connectivity index (χ4n) is 1.53. The van der Waals surface area contributed by atoms with Crippen LogP contribution in [0.1, 0.15) is 6.92 Å². The lowest BCUT2D eigenvalue weighted by Crippen LogP contribution is -2.39. The van der Waals surface area contributed by atoms with E-state index in [1.165, 1.54) is 12.1 Å². The summed E-state index contributed by atoms with van der Waals surface area (Å²) in [6.45, 7) is 1.32. The molecule has 0 aliphatic heterocycles. The molecule has 1 rings (SSSR count). The number of hydrogen-bond donors (Lipinski definition) is 2. The zero-order chi connectivity index (χ0) is 15.8. The van der Waals surface area contributed by atoms with Crippen molar-refractivity contribution in [3.63, 3.8) is 0 Å². The third-order valence-electron chi connectivity index (χ3n) is 2.38. The van der Waals surface area contributed by atoms with Crippen LogP contribution in [0.2, 0.25) is 0 Å². The van der Waals surface area contributed by atoms with Gasteiger partial charge in [-0.15, -0.1) is 6.42 Å². The third-order valence-corrected chi connectivity index (χ3v) is 2.38. The van der Waals surface area contributed by atoms with Gasteiger partial charge in [-0.05, 0) is 19.1 Å². The van der Waals surface area contributed by atoms with Crippen molar-refractivity contribution in [1.29, 1.82) is 0 Å². The Morgan fingerprint density at radius 1 is 1.52 bits per heavy atom. The van der Waals surface area contributed by atoms with E-state index < -0.39 is 24.4 Å². The molecule has 0 aromatic heterocycles. The van der Waals surface area contributed by atoms with Crippen molar-refractivity contribution in [3.8, 4) is 18.1 Å². The summed E-state index contributed by atoms with van der Waals surface area (Å²) in [5.74, 6) is 0.431. The van der Waals surface area contributed by atoms with Crippen LogP contribution >= 0.6 is 0 Å². The molecule has 1 aromatic carbocycles. The number of nitrogens with one attached hydrogen (secondary N) is 1. The second kappa shape index (κ2) is 7.75. The van der Waals surface area contributed by atoms with E-state index in [-0.39, 0.29) is 18.0 Å². The Morgan fingerprint density at radius 2 is 2.24 bits per heavy atom. The first kappa shape index (κ1) is 16.3. The van der Waals surface area contributed by atoms with Crippen LogP contribution in [-0.4, -0.2) is 41.7 Å². The molecule has 1 aromatic rings. The summed E-state index contributed by atoms with van der Waals surface area (Å²) in [6, 6.07) is 3.18. The van der Waals surface area contributed by atoms with Crippen molar-refractivity contribution in [2.24, 2.45) is 0 Å². The number of anilines is 1. The molecule has 0 bridgehead atoms. The van der Waals surface area contributed by atoms with Crippen molar-refractivity contribution >= 4 is 17.7 Å². The molecule has 0 heterocycles. The average Bonchev–Trinajstić information content (AvgIpc) is 2.41. The van der Waals surface area contributed by atoms with Crippen molar-refractivity contribution in [3.05, 3.63) is 24.0 Å². The van der Waals surface area contributed by atoms with Gasteiger partial charge in [0.05, 0.1) is 13.2 Å². The largest absolute Gasteiger partial charge is 0.491 e. The summed E-state index contributed by atoms with van der Waals surface area (Å²) in [4.78, 5) is 23.4. The van der Waals surface area contributed by atoms with E-state index in [2.05, 4.69) is 11.2 Å². The van der Waals surface area contributed by atoms with E-state index in [4.69, 9.17) is 16.3 Å². The maximum atomic E-state index is 13.6. The van der Waals surface area contributed by atoms with Gasteiger partial charge >= 0.3 is 12.0 Å². The molecule has 2 amide bonds. The molecule has 0 saturated carbocycles. The van der Waals surface area contributed by atoms with Crippen molar-refractivity contribution in [2.75, 3.05) is 25.0 Å². The van der Waals surface area contributed by atoms with Gasteiger partial charge in [-0.2, -0.15) is 0 Å². The number of benzene rings is 1. The normalized spacial score (nSPS) is 9.57. The molecule has 0 saturated heterocycles. The molecule has 0 fully saturated rings. The number of halogens is 1. The minimum Gasteiger partial charge on any atom is -0.491 e. The zero-order valence-electron chi connectivity index (χ0n) is 11.4. The summed E-state index contributed by atoms with van der Waals surface area (Å²) in [6.07, 6.45) is 5.07. The van der Waals surface area contributed by atoms with Crippen LogP contribution < -0.4 is 10.1 Å². The Labute approximate surface area is 121 Å². The van der Waals surface area contributed by atoms with E-state index in [0.29, 0.717) is 6.61 Å². The average molecular weight is 294 g/mol. The van der Waals surface area contributed by atoms with Crippen LogP contribution in [0.25, 0.3) is 0 Å². The van der Waals surface area contributed by atoms with Gasteiger partial charge in [0.2, 0.25) is 0 Å². The summed E-state index contributed by atoms with van der Waals surface area (Å²) < 4.78 is 18.7. The number of amides is 2. The smallest absolute Gasteiger partial charge is 0.323 e. The SMILES string of the molecule is C#CCN(CC(=O)O)C(=O)Nc1ccc(OCC)c(F)c1. The van der Waals surface area contributed by atoms with Crippen LogP contribution in [0.3, 0.4) is 0 Å². The first-order valence-corrected chi connectivity index (χ1v) is 6.11. The molecular formula is C14H15FN2O4. The molecule has 0 aliphatic carbocycles. The predicted molar refractivity (Wildman–Crippen MR) is 74.6 cm³/mol. The number of aliphatic carboxylic acids is 1. The number of hydrogen-bond acceptors (Lipinski definition) is 3. The van der Waals surface area contributed by atoms with Crippen molar-refractivity contribution in [1.82, 2.24) is 4.90 Å². The number of rotatable bonds is 6. The number of terminal acetylenes is 1. The van der Waals surface area contributed by atoms with Crippen LogP contribution in [0.4, 0.5) is 14.9 Å². The molecule has 0 radical (unpaired) electrons. The summed E-state index contributed by atoms with van der Waals surface area (Å²) in [5.41, 5.74) is 0.174. The Hall–Kier alpha value is -2.75. The lowest BCUT2D eigenvalue weighted by molar-refractivity contribution is -0.137. The second-order valence-corrected chi connectivity index (χ2v) is 3.96. The Bertz CT molecular complexity index is 569. The van der Waals surface area contributed by atoms with E-state index in [1.54, 1.807) is 6.92 Å². The summed E-state index contributed by atoms with van der Waals surface area (Å²) >= 11 is 0. The molecule has 21 heavy (non-hydrogen) atoms. The lowest BCUT2D eigenvalue weighted by atomic mass is 10.3. The second-order valence-electron chi connectivity index (χ2n) is 3.96. The number of nitrogens with zero attached hydrogens (tertiary/aromatic N) is 1. The van der Waals surface area contributed by atoms with Crippen molar-refractivity contribution in [2.45, 2.75) is 6.92 Å². The van der Waals surface area contributed by atoms with Crippen LogP contribution in [0, 0.1) is 18.2 Å². The first-order valence-electron chi connectivity index (χ1n) is 6.11. The Morgan fingerprint density at radius 3 is 2.76 bits per heavy atom. The lowest BCUT2D eigenvalue weighted by Gasteiger charge is -2.18. The summed E-state index contributed by atoms with van der Waals surface area (Å²) in [5, 5.41) is 11.1. The number of carboxylic acids is 1. The Kier molecular flexibility index (Phi) is 6.01. The number of carbonyl (C=O) groups excluding carboxylic acids is 1. The zero-order valence-corrected chi connectivity index (χ0v) is 11.4. The first-order chi connectivity index (χ1) is 9.97. The van der Waals surface area contributed by atoms with Gasteiger partial charge in [0, 0.05) is 11.8 Å².